The predicted molar refractivity (Wildman–Crippen MR) is 125 cm³/mol. The molecular formula is C25H30NO6S+. The molecule has 1 saturated carbocycles. The first kappa shape index (κ1) is 23.4. The number of hydrogen-bond donors (Lipinski definition) is 1. The topological polar surface area (TPSA) is 97.7 Å². The molecule has 1 amide bonds. The molecule has 1 heterocycles. The summed E-state index contributed by atoms with van der Waals surface area (Å²) >= 11 is 0. The molecule has 0 radical (unpaired) electrons. The summed E-state index contributed by atoms with van der Waals surface area (Å²) < 4.78 is 33.9. The van der Waals surface area contributed by atoms with Crippen LogP contribution in [-0.4, -0.2) is 38.0 Å². The molecule has 1 N–H and O–H groups in total. The number of hydrogen-bond acceptors (Lipinski definition) is 5. The van der Waals surface area contributed by atoms with Crippen LogP contribution in [-0.2, 0) is 19.6 Å². The average molecular weight is 473 g/mol. The number of aliphatic carboxylic acids is 1. The number of amides is 1. The van der Waals surface area contributed by atoms with Crippen LogP contribution in [0.2, 0.25) is 0 Å². The lowest BCUT2D eigenvalue weighted by Crippen LogP contribution is -2.67. The van der Waals surface area contributed by atoms with E-state index in [2.05, 4.69) is 0 Å². The first-order valence-electron chi connectivity index (χ1n) is 11.5. The lowest BCUT2D eigenvalue weighted by Gasteiger charge is -2.45. The van der Waals surface area contributed by atoms with E-state index in [-0.39, 0.29) is 30.3 Å². The molecule has 33 heavy (non-hydrogen) atoms. The lowest BCUT2D eigenvalue weighted by molar-refractivity contribution is -0.137. The minimum atomic E-state index is -4.13. The summed E-state index contributed by atoms with van der Waals surface area (Å²) in [5.41, 5.74) is 0.859. The monoisotopic (exact) mass is 472 g/mol. The van der Waals surface area contributed by atoms with Crippen molar-refractivity contribution in [2.45, 2.75) is 68.7 Å². The van der Waals surface area contributed by atoms with Crippen LogP contribution in [0.3, 0.4) is 0 Å². The number of nitrogens with zero attached hydrogens (tertiary/aromatic N) is 1. The van der Waals surface area contributed by atoms with Crippen molar-refractivity contribution in [1.29, 1.82) is 0 Å². The summed E-state index contributed by atoms with van der Waals surface area (Å²) in [7, 11) is -4.13. The van der Waals surface area contributed by atoms with Crippen LogP contribution in [0.25, 0.3) is 0 Å². The third-order valence-corrected chi connectivity index (χ3v) is 9.21. The molecule has 2 aromatic rings. The van der Waals surface area contributed by atoms with E-state index >= 15 is 0 Å². The molecule has 0 aromatic heterocycles. The van der Waals surface area contributed by atoms with Gasteiger partial charge in [0.2, 0.25) is 0 Å². The molecule has 1 fully saturated rings. The highest BCUT2D eigenvalue weighted by Crippen LogP contribution is 2.50. The first-order valence-corrected chi connectivity index (χ1v) is 13.0. The Bertz CT molecular complexity index is 1150. The molecule has 2 atom stereocenters. The lowest BCUT2D eigenvalue weighted by atomic mass is 9.91. The number of sulfonamides is 1. The van der Waals surface area contributed by atoms with E-state index in [4.69, 9.17) is 9.84 Å². The van der Waals surface area contributed by atoms with E-state index < -0.39 is 31.8 Å². The molecule has 176 valence electrons. The highest BCUT2D eigenvalue weighted by atomic mass is 32.2. The molecule has 7 nitrogen and oxygen atoms in total. The molecule has 4 rings (SSSR count). The van der Waals surface area contributed by atoms with Crippen molar-refractivity contribution in [3.63, 3.8) is 0 Å². The summed E-state index contributed by atoms with van der Waals surface area (Å²) in [6, 6.07) is 13.2. The van der Waals surface area contributed by atoms with Gasteiger partial charge in [-0.3, -0.25) is 4.79 Å². The molecule has 0 saturated heterocycles. The molecule has 2 aliphatic rings. The Morgan fingerprint density at radius 3 is 2.45 bits per heavy atom. The van der Waals surface area contributed by atoms with Crippen LogP contribution >= 0.6 is 0 Å². The Hall–Kier alpha value is -2.71. The van der Waals surface area contributed by atoms with Crippen molar-refractivity contribution in [2.75, 3.05) is 6.61 Å². The fourth-order valence-electron chi connectivity index (χ4n) is 5.29. The number of benzene rings is 2. The van der Waals surface area contributed by atoms with Gasteiger partial charge in [-0.05, 0) is 43.9 Å². The van der Waals surface area contributed by atoms with E-state index in [1.165, 1.54) is 0 Å². The normalized spacial score (nSPS) is 24.8. The van der Waals surface area contributed by atoms with Crippen LogP contribution in [0, 0.1) is 0 Å². The zero-order chi connectivity index (χ0) is 23.6. The minimum absolute atomic E-state index is 0.0492. The Morgan fingerprint density at radius 2 is 1.73 bits per heavy atom. The van der Waals surface area contributed by atoms with Gasteiger partial charge in [0.15, 0.2) is 11.4 Å². The molecule has 1 aliphatic heterocycles. The van der Waals surface area contributed by atoms with E-state index in [0.717, 1.165) is 19.3 Å². The number of rotatable bonds is 7. The van der Waals surface area contributed by atoms with Crippen molar-refractivity contribution < 1.29 is 27.9 Å². The molecule has 0 bridgehead atoms. The summed E-state index contributed by atoms with van der Waals surface area (Å²) in [5.74, 6) is -1.55. The largest absolute Gasteiger partial charge is 0.487 e. The molecular weight excluding hydrogens is 442 g/mol. The Balaban J connectivity index is 1.91. The number of quaternary nitrogens is 1. The van der Waals surface area contributed by atoms with Crippen molar-refractivity contribution in [2.24, 2.45) is 0 Å². The van der Waals surface area contributed by atoms with Crippen LogP contribution < -0.4 is 8.63 Å². The minimum Gasteiger partial charge on any atom is -0.487 e. The molecule has 0 spiro atoms. The van der Waals surface area contributed by atoms with Crippen LogP contribution in [0.5, 0.6) is 5.75 Å². The number of carboxylic acid groups (broad SMARTS) is 1. The Labute approximate surface area is 194 Å². The van der Waals surface area contributed by atoms with Crippen LogP contribution in [0.4, 0.5) is 5.69 Å². The Kier molecular flexibility index (Phi) is 6.59. The second-order valence-electron chi connectivity index (χ2n) is 8.84. The number of carbonyl (C=O) groups excluding carboxylic acids is 1. The van der Waals surface area contributed by atoms with E-state index in [0.29, 0.717) is 29.8 Å². The fraction of sp³-hybridized carbons (Fsp3) is 0.440. The average Bonchev–Trinajstić information content (AvgIpc) is 2.82. The number of carbonyl (C=O) groups is 2. The number of para-hydroxylation sites is 2. The predicted octanol–water partition coefficient (Wildman–Crippen LogP) is 4.60. The third-order valence-electron chi connectivity index (χ3n) is 6.84. The zero-order valence-corrected chi connectivity index (χ0v) is 19.6. The van der Waals surface area contributed by atoms with Crippen molar-refractivity contribution >= 4 is 27.6 Å². The van der Waals surface area contributed by atoms with Crippen molar-refractivity contribution in [1.82, 2.24) is 3.89 Å². The van der Waals surface area contributed by atoms with E-state index in [1.807, 2.05) is 0 Å². The van der Waals surface area contributed by atoms with Gasteiger partial charge in [0.25, 0.3) is 0 Å². The Morgan fingerprint density at radius 1 is 1.06 bits per heavy atom. The van der Waals surface area contributed by atoms with Crippen LogP contribution in [0.1, 0.15) is 63.4 Å². The number of ether oxygens (including phenoxy) is 1. The van der Waals surface area contributed by atoms with E-state index in [1.54, 1.807) is 55.5 Å². The second-order valence-corrected chi connectivity index (χ2v) is 10.8. The molecule has 2 unspecified atom stereocenters. The van der Waals surface area contributed by atoms with Crippen LogP contribution in [0.15, 0.2) is 53.4 Å². The summed E-state index contributed by atoms with van der Waals surface area (Å²) in [5, 5.41) is 8.92. The van der Waals surface area contributed by atoms with Gasteiger partial charge < -0.3 is 9.84 Å². The maximum absolute atomic E-state index is 14.4. The summed E-state index contributed by atoms with van der Waals surface area (Å²) in [6.07, 6.45) is 4.25. The van der Waals surface area contributed by atoms with Gasteiger partial charge in [-0.2, -0.15) is 8.42 Å². The van der Waals surface area contributed by atoms with Gasteiger partial charge in [0, 0.05) is 25.3 Å². The third kappa shape index (κ3) is 3.85. The first-order chi connectivity index (χ1) is 15.8. The zero-order valence-electron chi connectivity index (χ0n) is 18.8. The number of fused-ring (bicyclic) bond motifs is 1. The molecule has 2 aromatic carbocycles. The highest BCUT2D eigenvalue weighted by molar-refractivity contribution is 7.91. The van der Waals surface area contributed by atoms with Gasteiger partial charge in [-0.15, -0.1) is 3.89 Å². The van der Waals surface area contributed by atoms with Gasteiger partial charge >= 0.3 is 21.9 Å². The maximum Gasteiger partial charge on any atom is 0.341 e. The second kappa shape index (κ2) is 9.27. The molecule has 1 aliphatic carbocycles. The molecule has 8 heteroatoms. The quantitative estimate of drug-likeness (QED) is 0.467. The summed E-state index contributed by atoms with van der Waals surface area (Å²) in [4.78, 5) is 25.2. The maximum atomic E-state index is 14.4. The van der Waals surface area contributed by atoms with Gasteiger partial charge in [-0.25, -0.2) is 4.79 Å². The standard InChI is InChI=1S/C25H29NO6S/c1-18-20-12-5-8-15-23(20)33(30,31)26(25(18)29,19-10-3-2-4-11-19)21-13-6-7-14-22(21)32-17-9-16-24(27)28/h5-8,12-15,18-19H,2-4,9-11,16-17H2,1H3/p+1. The van der Waals surface area contributed by atoms with Crippen molar-refractivity contribution in [3.8, 4) is 5.75 Å². The number of carboxylic acids is 1. The smallest absolute Gasteiger partial charge is 0.341 e. The van der Waals surface area contributed by atoms with Crippen molar-refractivity contribution in [3.05, 3.63) is 54.1 Å². The highest BCUT2D eigenvalue weighted by Gasteiger charge is 2.63. The SMILES string of the molecule is CC1C(=O)[N+](c2ccccc2OCCCC(=O)O)(C2CCCCC2)S(=O)(=O)c2ccccc21. The summed E-state index contributed by atoms with van der Waals surface area (Å²) in [6.45, 7) is 1.90. The van der Waals surface area contributed by atoms with Gasteiger partial charge in [0.1, 0.15) is 10.9 Å². The van der Waals surface area contributed by atoms with Gasteiger partial charge in [-0.1, -0.05) is 36.8 Å². The fourth-order valence-corrected chi connectivity index (χ4v) is 7.80. The van der Waals surface area contributed by atoms with Gasteiger partial charge in [0.05, 0.1) is 12.5 Å². The van der Waals surface area contributed by atoms with E-state index in [9.17, 15) is 18.0 Å².